The van der Waals surface area contributed by atoms with Gasteiger partial charge in [0, 0.05) is 18.5 Å². The van der Waals surface area contributed by atoms with Crippen LogP contribution in [0.25, 0.3) is 0 Å². The minimum atomic E-state index is -0.0944. The molecule has 0 aliphatic carbocycles. The van der Waals surface area contributed by atoms with Gasteiger partial charge in [-0.2, -0.15) is 0 Å². The number of rotatable bonds is 7. The summed E-state index contributed by atoms with van der Waals surface area (Å²) in [4.78, 5) is 11.8. The van der Waals surface area contributed by atoms with Crippen molar-refractivity contribution in [1.29, 1.82) is 0 Å². The van der Waals surface area contributed by atoms with Gasteiger partial charge in [-0.3, -0.25) is 4.79 Å². The summed E-state index contributed by atoms with van der Waals surface area (Å²) in [6.07, 6.45) is 2.58. The molecule has 0 bridgehead atoms. The number of aryl methyl sites for hydroxylation is 1. The Morgan fingerprint density at radius 3 is 2.71 bits per heavy atom. The minimum Gasteiger partial charge on any atom is -0.494 e. The van der Waals surface area contributed by atoms with Crippen LogP contribution in [0.5, 0.6) is 5.75 Å². The third-order valence-corrected chi connectivity index (χ3v) is 3.15. The largest absolute Gasteiger partial charge is 0.494 e. The molecule has 1 heterocycles. The van der Waals surface area contributed by atoms with Crippen molar-refractivity contribution in [2.24, 2.45) is 0 Å². The molecule has 1 amide bonds. The average Bonchev–Trinajstić information content (AvgIpc) is 2.96. The second-order valence-corrected chi connectivity index (χ2v) is 4.93. The molecule has 6 nitrogen and oxygen atoms in total. The second kappa shape index (κ2) is 7.68. The predicted octanol–water partition coefficient (Wildman–Crippen LogP) is 2.76. The molecule has 112 valence electrons. The van der Waals surface area contributed by atoms with Gasteiger partial charge in [0.05, 0.1) is 6.61 Å². The number of nitrogens with one attached hydrogen (secondary N) is 1. The van der Waals surface area contributed by atoms with Crippen molar-refractivity contribution in [1.82, 2.24) is 10.2 Å². The highest BCUT2D eigenvalue weighted by Crippen LogP contribution is 2.16. The quantitative estimate of drug-likeness (QED) is 0.793. The monoisotopic (exact) mass is 307 g/mol. The summed E-state index contributed by atoms with van der Waals surface area (Å²) in [6.45, 7) is 2.55. The summed E-state index contributed by atoms with van der Waals surface area (Å²) in [5.74, 6) is 1.16. The fourth-order valence-electron chi connectivity index (χ4n) is 1.67. The fraction of sp³-hybridized carbons (Fsp3) is 0.357. The maximum atomic E-state index is 11.8. The first kappa shape index (κ1) is 15.4. The summed E-state index contributed by atoms with van der Waals surface area (Å²) in [5.41, 5.74) is 0.735. The maximum Gasteiger partial charge on any atom is 0.276 e. The highest BCUT2D eigenvalue weighted by molar-refractivity contribution is 7.98. The maximum absolute atomic E-state index is 11.8. The third kappa shape index (κ3) is 4.78. The van der Waals surface area contributed by atoms with Crippen molar-refractivity contribution >= 4 is 23.4 Å². The van der Waals surface area contributed by atoms with Gasteiger partial charge >= 0.3 is 0 Å². The molecule has 2 aromatic rings. The number of carbonyl (C=O) groups excluding carboxylic acids is 1. The Balaban J connectivity index is 1.81. The van der Waals surface area contributed by atoms with Crippen molar-refractivity contribution in [2.75, 3.05) is 18.2 Å². The Morgan fingerprint density at radius 2 is 2.10 bits per heavy atom. The molecule has 0 radical (unpaired) electrons. The van der Waals surface area contributed by atoms with E-state index in [0.29, 0.717) is 30.6 Å². The molecular formula is C14H17N3O3S. The van der Waals surface area contributed by atoms with E-state index in [2.05, 4.69) is 15.5 Å². The molecule has 0 aliphatic heterocycles. The highest BCUT2D eigenvalue weighted by Gasteiger charge is 2.08. The molecule has 1 N–H and O–H groups in total. The van der Waals surface area contributed by atoms with E-state index in [1.54, 1.807) is 12.1 Å². The Bertz CT molecular complexity index is 583. The molecule has 21 heavy (non-hydrogen) atoms. The van der Waals surface area contributed by atoms with Gasteiger partial charge in [-0.25, -0.2) is 0 Å². The number of amides is 1. The summed E-state index contributed by atoms with van der Waals surface area (Å²) in [6, 6.07) is 7.26. The molecule has 2 rings (SSSR count). The number of carbonyl (C=O) groups is 1. The van der Waals surface area contributed by atoms with Crippen LogP contribution in [0.4, 0.5) is 5.69 Å². The third-order valence-electron chi connectivity index (χ3n) is 2.64. The fourth-order valence-corrected chi connectivity index (χ4v) is 1.97. The summed E-state index contributed by atoms with van der Waals surface area (Å²) < 4.78 is 10.7. The number of anilines is 1. The lowest BCUT2D eigenvalue weighted by Gasteiger charge is -2.06. The lowest BCUT2D eigenvalue weighted by Crippen LogP contribution is -2.12. The van der Waals surface area contributed by atoms with Crippen LogP contribution in [0, 0.1) is 0 Å². The van der Waals surface area contributed by atoms with Crippen LogP contribution in [0.15, 0.2) is 33.9 Å². The molecule has 0 saturated heterocycles. The Morgan fingerprint density at radius 1 is 1.33 bits per heavy atom. The Kier molecular flexibility index (Phi) is 5.62. The van der Waals surface area contributed by atoms with Crippen LogP contribution in [-0.2, 0) is 11.2 Å². The molecule has 0 aliphatic rings. The number of nitrogens with zero attached hydrogens (tertiary/aromatic N) is 2. The van der Waals surface area contributed by atoms with Gasteiger partial charge in [-0.1, -0.05) is 11.8 Å². The van der Waals surface area contributed by atoms with Crippen LogP contribution in [0.1, 0.15) is 19.2 Å². The van der Waals surface area contributed by atoms with Crippen LogP contribution in [0.2, 0.25) is 0 Å². The Labute approximate surface area is 127 Å². The molecule has 0 spiro atoms. The van der Waals surface area contributed by atoms with Gasteiger partial charge in [0.2, 0.25) is 11.8 Å². The number of thioether (sulfide) groups is 1. The van der Waals surface area contributed by atoms with E-state index in [1.165, 1.54) is 11.8 Å². The van der Waals surface area contributed by atoms with Gasteiger partial charge in [-0.05, 0) is 37.4 Å². The van der Waals surface area contributed by atoms with E-state index in [9.17, 15) is 4.79 Å². The molecule has 0 atom stereocenters. The smallest absolute Gasteiger partial charge is 0.276 e. The SMILES string of the molecule is CCOc1ccc(NC(=O)CCc2nnc(SC)o2)cc1. The van der Waals surface area contributed by atoms with Crippen molar-refractivity contribution in [3.05, 3.63) is 30.2 Å². The number of benzene rings is 1. The zero-order chi connectivity index (χ0) is 15.1. The van der Waals surface area contributed by atoms with Crippen LogP contribution >= 0.6 is 11.8 Å². The summed E-state index contributed by atoms with van der Waals surface area (Å²) in [7, 11) is 0. The lowest BCUT2D eigenvalue weighted by atomic mass is 10.2. The highest BCUT2D eigenvalue weighted by atomic mass is 32.2. The number of hydrogen-bond acceptors (Lipinski definition) is 6. The molecule has 1 aromatic carbocycles. The van der Waals surface area contributed by atoms with E-state index in [1.807, 2.05) is 25.3 Å². The van der Waals surface area contributed by atoms with Crippen molar-refractivity contribution < 1.29 is 13.9 Å². The van der Waals surface area contributed by atoms with Crippen LogP contribution < -0.4 is 10.1 Å². The van der Waals surface area contributed by atoms with Gasteiger partial charge in [0.1, 0.15) is 5.75 Å². The van der Waals surface area contributed by atoms with Crippen LogP contribution in [0.3, 0.4) is 0 Å². The molecule has 1 aromatic heterocycles. The van der Waals surface area contributed by atoms with Gasteiger partial charge in [0.25, 0.3) is 5.22 Å². The van der Waals surface area contributed by atoms with Crippen molar-refractivity contribution in [2.45, 2.75) is 25.0 Å². The first-order chi connectivity index (χ1) is 10.2. The molecule has 0 saturated carbocycles. The van der Waals surface area contributed by atoms with E-state index in [-0.39, 0.29) is 5.91 Å². The van der Waals surface area contributed by atoms with E-state index < -0.39 is 0 Å². The van der Waals surface area contributed by atoms with Crippen molar-refractivity contribution in [3.63, 3.8) is 0 Å². The molecular weight excluding hydrogens is 290 g/mol. The van der Waals surface area contributed by atoms with Gasteiger partial charge in [0.15, 0.2) is 0 Å². The summed E-state index contributed by atoms with van der Waals surface area (Å²) in [5, 5.41) is 11.0. The van der Waals surface area contributed by atoms with Crippen LogP contribution in [-0.4, -0.2) is 29.0 Å². The lowest BCUT2D eigenvalue weighted by molar-refractivity contribution is -0.116. The minimum absolute atomic E-state index is 0.0944. The molecule has 0 fully saturated rings. The van der Waals surface area contributed by atoms with Crippen molar-refractivity contribution in [3.8, 4) is 5.75 Å². The zero-order valence-corrected chi connectivity index (χ0v) is 12.8. The van der Waals surface area contributed by atoms with Gasteiger partial charge in [-0.15, -0.1) is 10.2 Å². The molecule has 7 heteroatoms. The van der Waals surface area contributed by atoms with E-state index in [0.717, 1.165) is 11.4 Å². The van der Waals surface area contributed by atoms with E-state index in [4.69, 9.17) is 9.15 Å². The number of hydrogen-bond donors (Lipinski definition) is 1. The first-order valence-electron chi connectivity index (χ1n) is 6.60. The first-order valence-corrected chi connectivity index (χ1v) is 7.83. The normalized spacial score (nSPS) is 10.4. The average molecular weight is 307 g/mol. The molecule has 0 unspecified atom stereocenters. The van der Waals surface area contributed by atoms with E-state index >= 15 is 0 Å². The Hall–Kier alpha value is -2.02. The second-order valence-electron chi connectivity index (χ2n) is 4.17. The summed E-state index contributed by atoms with van der Waals surface area (Å²) >= 11 is 1.38. The number of ether oxygens (including phenoxy) is 1. The standard InChI is InChI=1S/C14H17N3O3S/c1-3-19-11-6-4-10(5-7-11)15-12(18)8-9-13-16-17-14(20-13)21-2/h4-7H,3,8-9H2,1-2H3,(H,15,18). The zero-order valence-electron chi connectivity index (χ0n) is 12.0. The number of aromatic nitrogens is 2. The van der Waals surface area contributed by atoms with Gasteiger partial charge < -0.3 is 14.5 Å². The topological polar surface area (TPSA) is 77.2 Å². The predicted molar refractivity (Wildman–Crippen MR) is 80.6 cm³/mol.